The van der Waals surface area contributed by atoms with Crippen LogP contribution in [0.5, 0.6) is 0 Å². The Morgan fingerprint density at radius 3 is 1.22 bits per heavy atom. The summed E-state index contributed by atoms with van der Waals surface area (Å²) in [7, 11) is -1.77. The molecule has 18 heavy (non-hydrogen) atoms. The minimum absolute atomic E-state index is 0.883. The molecule has 0 aliphatic carbocycles. The molecule has 0 aromatic rings. The average molecular weight is 285 g/mol. The predicted molar refractivity (Wildman–Crippen MR) is 90.7 cm³/mol. The van der Waals surface area contributed by atoms with Crippen LogP contribution in [0.4, 0.5) is 0 Å². The van der Waals surface area contributed by atoms with Crippen molar-refractivity contribution in [2.45, 2.75) is 102 Å². The number of hydrogen-bond donors (Lipinski definition) is 0. The van der Waals surface area contributed by atoms with Crippen molar-refractivity contribution in [2.75, 3.05) is 0 Å². The van der Waals surface area contributed by atoms with Gasteiger partial charge in [0.1, 0.15) is 0 Å². The molecule has 0 atom stereocenters. The largest absolute Gasteiger partial charge is 0.0694 e. The summed E-state index contributed by atoms with van der Waals surface area (Å²) in [5.74, 6) is 0. The van der Waals surface area contributed by atoms with Crippen LogP contribution in [0.2, 0.25) is 36.5 Å². The molecular weight excluding hydrogens is 248 g/mol. The molecule has 1 heterocycles. The van der Waals surface area contributed by atoms with Crippen LogP contribution in [-0.4, -0.2) is 16.1 Å². The second-order valence-electron chi connectivity index (χ2n) is 7.74. The maximum atomic E-state index is 2.71. The summed E-state index contributed by atoms with van der Waals surface area (Å²) in [5, 5.41) is 2.45. The smallest absolute Gasteiger partial charge is 0.0483 e. The SMILES string of the molecule is CCCCCC1[Si](C)(C)C(CCCCC)[Si]1(C)C. The Morgan fingerprint density at radius 2 is 0.944 bits per heavy atom. The maximum absolute atomic E-state index is 2.71. The van der Waals surface area contributed by atoms with Crippen molar-refractivity contribution in [3.05, 3.63) is 0 Å². The summed E-state index contributed by atoms with van der Waals surface area (Å²) in [5.41, 5.74) is 0. The Morgan fingerprint density at radius 1 is 0.611 bits per heavy atom. The molecule has 108 valence electrons. The van der Waals surface area contributed by atoms with Gasteiger partial charge in [0.2, 0.25) is 0 Å². The number of unbranched alkanes of at least 4 members (excludes halogenated alkanes) is 4. The lowest BCUT2D eigenvalue weighted by molar-refractivity contribution is 0.620. The van der Waals surface area contributed by atoms with Gasteiger partial charge >= 0.3 is 0 Å². The third-order valence-electron chi connectivity index (χ3n) is 5.79. The van der Waals surface area contributed by atoms with Crippen LogP contribution in [0, 0.1) is 0 Å². The predicted octanol–water partition coefficient (Wildman–Crippen LogP) is 6.40. The fourth-order valence-corrected chi connectivity index (χ4v) is 26.2. The van der Waals surface area contributed by atoms with E-state index in [2.05, 4.69) is 40.0 Å². The van der Waals surface area contributed by atoms with Crippen molar-refractivity contribution >= 4 is 16.1 Å². The zero-order valence-electron chi connectivity index (χ0n) is 13.8. The van der Waals surface area contributed by atoms with Gasteiger partial charge in [-0.15, -0.1) is 0 Å². The Balaban J connectivity index is 2.51. The molecule has 1 saturated heterocycles. The molecule has 1 rings (SSSR count). The Hall–Kier alpha value is 0.434. The zero-order chi connectivity index (χ0) is 13.8. The molecule has 1 fully saturated rings. The number of rotatable bonds is 8. The first-order valence-corrected chi connectivity index (χ1v) is 14.7. The van der Waals surface area contributed by atoms with Gasteiger partial charge in [0.05, 0.1) is 0 Å². The van der Waals surface area contributed by atoms with Crippen LogP contribution in [0.15, 0.2) is 0 Å². The van der Waals surface area contributed by atoms with Gasteiger partial charge in [0, 0.05) is 16.1 Å². The molecule has 0 amide bonds. The molecule has 1 aliphatic heterocycles. The van der Waals surface area contributed by atoms with Crippen molar-refractivity contribution in [3.63, 3.8) is 0 Å². The van der Waals surface area contributed by atoms with E-state index >= 15 is 0 Å². The summed E-state index contributed by atoms with van der Waals surface area (Å²) >= 11 is 0. The highest BCUT2D eigenvalue weighted by atomic mass is 28.5. The molecule has 0 unspecified atom stereocenters. The Bertz CT molecular complexity index is 207. The monoisotopic (exact) mass is 284 g/mol. The van der Waals surface area contributed by atoms with E-state index in [0.717, 1.165) is 0 Å². The van der Waals surface area contributed by atoms with Crippen molar-refractivity contribution < 1.29 is 0 Å². The maximum Gasteiger partial charge on any atom is 0.0483 e. The molecule has 0 aromatic heterocycles. The molecule has 0 nitrogen and oxygen atoms in total. The van der Waals surface area contributed by atoms with Crippen LogP contribution in [-0.2, 0) is 0 Å². The first kappa shape index (κ1) is 16.5. The van der Waals surface area contributed by atoms with E-state index in [1.807, 2.05) is 0 Å². The summed E-state index contributed by atoms with van der Waals surface area (Å²) in [6.07, 6.45) is 11.9. The Kier molecular flexibility index (Phi) is 6.17. The summed E-state index contributed by atoms with van der Waals surface area (Å²) in [6.45, 7) is 15.5. The van der Waals surface area contributed by atoms with Crippen molar-refractivity contribution in [3.8, 4) is 0 Å². The second-order valence-corrected chi connectivity index (χ2v) is 19.0. The van der Waals surface area contributed by atoms with E-state index in [4.69, 9.17) is 0 Å². The highest BCUT2D eigenvalue weighted by Gasteiger charge is 2.61. The van der Waals surface area contributed by atoms with Crippen LogP contribution in [0.3, 0.4) is 0 Å². The standard InChI is InChI=1S/C16H36Si2/c1-7-9-11-13-15-17(3,4)16(18(15,5)6)14-12-10-8-2/h15-16H,7-14H2,1-6H3. The summed E-state index contributed by atoms with van der Waals surface area (Å²) in [6, 6.07) is 0. The Labute approximate surface area is 118 Å². The lowest BCUT2D eigenvalue weighted by atomic mass is 10.2. The van der Waals surface area contributed by atoms with Gasteiger partial charge in [-0.25, -0.2) is 0 Å². The summed E-state index contributed by atoms with van der Waals surface area (Å²) in [4.78, 5) is 0. The first-order chi connectivity index (χ1) is 8.39. The minimum Gasteiger partial charge on any atom is -0.0694 e. The van der Waals surface area contributed by atoms with Gasteiger partial charge in [-0.05, 0) is 10.3 Å². The van der Waals surface area contributed by atoms with E-state index in [0.29, 0.717) is 0 Å². The normalized spacial score (nSPS) is 29.0. The molecule has 1 aliphatic rings. The van der Waals surface area contributed by atoms with E-state index in [1.165, 1.54) is 48.9 Å². The van der Waals surface area contributed by atoms with E-state index in [9.17, 15) is 0 Å². The molecular formula is C16H36Si2. The average Bonchev–Trinajstić information content (AvgIpc) is 2.29. The van der Waals surface area contributed by atoms with Crippen LogP contribution >= 0.6 is 0 Å². The third kappa shape index (κ3) is 3.30. The highest BCUT2D eigenvalue weighted by Crippen LogP contribution is 2.61. The van der Waals surface area contributed by atoms with E-state index in [-0.39, 0.29) is 0 Å². The highest BCUT2D eigenvalue weighted by molar-refractivity contribution is 7.15. The van der Waals surface area contributed by atoms with Crippen molar-refractivity contribution in [1.29, 1.82) is 0 Å². The lowest BCUT2D eigenvalue weighted by Gasteiger charge is -2.63. The van der Waals surface area contributed by atoms with Crippen molar-refractivity contribution in [2.24, 2.45) is 0 Å². The first-order valence-electron chi connectivity index (χ1n) is 8.39. The van der Waals surface area contributed by atoms with Gasteiger partial charge in [0.15, 0.2) is 0 Å². The fraction of sp³-hybridized carbons (Fsp3) is 1.00. The third-order valence-corrected chi connectivity index (χ3v) is 23.1. The van der Waals surface area contributed by atoms with Gasteiger partial charge in [-0.1, -0.05) is 91.4 Å². The minimum atomic E-state index is -0.883. The molecule has 2 heteroatoms. The molecule has 0 aromatic carbocycles. The number of hydrogen-bond acceptors (Lipinski definition) is 0. The van der Waals surface area contributed by atoms with Crippen molar-refractivity contribution in [1.82, 2.24) is 0 Å². The molecule has 0 bridgehead atoms. The quantitative estimate of drug-likeness (QED) is 0.357. The van der Waals surface area contributed by atoms with Gasteiger partial charge in [-0.2, -0.15) is 0 Å². The molecule has 0 spiro atoms. The van der Waals surface area contributed by atoms with Crippen LogP contribution < -0.4 is 0 Å². The molecule has 0 saturated carbocycles. The van der Waals surface area contributed by atoms with Gasteiger partial charge in [-0.3, -0.25) is 0 Å². The lowest BCUT2D eigenvalue weighted by Crippen LogP contribution is -2.68. The van der Waals surface area contributed by atoms with Crippen LogP contribution in [0.25, 0.3) is 0 Å². The second kappa shape index (κ2) is 6.74. The zero-order valence-corrected chi connectivity index (χ0v) is 15.8. The topological polar surface area (TPSA) is 0 Å². The molecule has 0 radical (unpaired) electrons. The molecule has 0 N–H and O–H groups in total. The summed E-state index contributed by atoms with van der Waals surface area (Å²) < 4.78 is 0. The van der Waals surface area contributed by atoms with Gasteiger partial charge in [0.25, 0.3) is 0 Å². The van der Waals surface area contributed by atoms with Gasteiger partial charge < -0.3 is 0 Å². The van der Waals surface area contributed by atoms with E-state index in [1.54, 1.807) is 12.8 Å². The fourth-order valence-electron chi connectivity index (χ4n) is 4.99. The van der Waals surface area contributed by atoms with E-state index < -0.39 is 16.1 Å². The van der Waals surface area contributed by atoms with Crippen LogP contribution in [0.1, 0.15) is 65.2 Å².